The first-order valence-corrected chi connectivity index (χ1v) is 19.9. The summed E-state index contributed by atoms with van der Waals surface area (Å²) in [4.78, 5) is 63.1. The quantitative estimate of drug-likeness (QED) is 0.146. The number of piperazine rings is 1. The fourth-order valence-electron chi connectivity index (χ4n) is 6.97. The summed E-state index contributed by atoms with van der Waals surface area (Å²) in [5.74, 6) is -3.92. The molecule has 304 valence electrons. The Balaban J connectivity index is 0.960. The molecule has 4 amide bonds. The molecule has 4 aromatic rings. The van der Waals surface area contributed by atoms with Crippen molar-refractivity contribution in [1.29, 1.82) is 0 Å². The van der Waals surface area contributed by atoms with Gasteiger partial charge >= 0.3 is 6.18 Å². The first kappa shape index (κ1) is 40.1. The standard InChI is InChI=1S/C38H37F4N9O6S/c1-48(58(2,56)57)26-5-3-4-22(16-26)19-43-33-29(38(40,41)42)20-44-37(47-33)45-24-6-8-25(9-7-24)50-14-12-49(13-15-50)21-23-17-27-28(18-30(23)39)36(55)51(35(27)54)31-10-11-32(52)46-34(31)53/h3-9,16-18,20,31H,10-15,19,21H2,1-2H3,(H,46,52,53)(H2,43,44,45,47). The van der Waals surface area contributed by atoms with Gasteiger partial charge in [-0.2, -0.15) is 18.2 Å². The number of rotatable bonds is 11. The molecular weight excluding hydrogens is 787 g/mol. The predicted octanol–water partition coefficient (Wildman–Crippen LogP) is 4.11. The summed E-state index contributed by atoms with van der Waals surface area (Å²) in [6, 6.07) is 14.7. The molecule has 1 aromatic heterocycles. The van der Waals surface area contributed by atoms with Crippen molar-refractivity contribution in [3.8, 4) is 0 Å². The maximum atomic E-state index is 15.3. The average Bonchev–Trinajstić information content (AvgIpc) is 3.41. The SMILES string of the molecule is CN(c1cccc(CNc2nc(Nc3ccc(N4CCN(Cc5cc6c(cc5F)C(=O)N(C5CCC(=O)NC5=O)C6=O)CC4)cc3)ncc2C(F)(F)F)c1)S(C)(=O)=O. The number of hydrogen-bond acceptors (Lipinski definition) is 12. The van der Waals surface area contributed by atoms with Crippen molar-refractivity contribution in [1.82, 2.24) is 25.1 Å². The van der Waals surface area contributed by atoms with E-state index in [1.807, 2.05) is 17.0 Å². The van der Waals surface area contributed by atoms with Crippen LogP contribution in [-0.4, -0.2) is 97.3 Å². The highest BCUT2D eigenvalue weighted by Crippen LogP contribution is 2.35. The minimum absolute atomic E-state index is 0.00416. The smallest absolute Gasteiger partial charge is 0.369 e. The lowest BCUT2D eigenvalue weighted by atomic mass is 10.0. The van der Waals surface area contributed by atoms with Crippen LogP contribution in [0.2, 0.25) is 0 Å². The van der Waals surface area contributed by atoms with Crippen LogP contribution in [-0.2, 0) is 38.9 Å². The molecule has 0 radical (unpaired) electrons. The fourth-order valence-corrected chi connectivity index (χ4v) is 7.47. The van der Waals surface area contributed by atoms with Gasteiger partial charge in [-0.1, -0.05) is 12.1 Å². The van der Waals surface area contributed by atoms with Crippen LogP contribution in [0.4, 0.5) is 46.4 Å². The summed E-state index contributed by atoms with van der Waals surface area (Å²) in [7, 11) is -2.17. The number of fused-ring (bicyclic) bond motifs is 1. The lowest BCUT2D eigenvalue weighted by Crippen LogP contribution is -2.54. The van der Waals surface area contributed by atoms with Crippen LogP contribution in [0.15, 0.2) is 66.9 Å². The van der Waals surface area contributed by atoms with Crippen molar-refractivity contribution in [2.45, 2.75) is 38.1 Å². The molecule has 0 bridgehead atoms. The summed E-state index contributed by atoms with van der Waals surface area (Å²) in [5.41, 5.74) is 1.29. The summed E-state index contributed by atoms with van der Waals surface area (Å²) in [5, 5.41) is 7.78. The lowest BCUT2D eigenvalue weighted by Gasteiger charge is -2.36. The second-order valence-electron chi connectivity index (χ2n) is 14.1. The van der Waals surface area contributed by atoms with Crippen molar-refractivity contribution in [2.75, 3.05) is 59.3 Å². The molecular formula is C38H37F4N9O6S. The summed E-state index contributed by atoms with van der Waals surface area (Å²) < 4.78 is 81.9. The molecule has 1 unspecified atom stereocenters. The third-order valence-electron chi connectivity index (χ3n) is 10.2. The molecule has 3 aromatic carbocycles. The molecule has 3 aliphatic heterocycles. The Morgan fingerprint density at radius 2 is 1.64 bits per heavy atom. The van der Waals surface area contributed by atoms with Crippen molar-refractivity contribution in [3.05, 3.63) is 100 Å². The second-order valence-corrected chi connectivity index (χ2v) is 16.1. The van der Waals surface area contributed by atoms with Crippen LogP contribution in [0.25, 0.3) is 0 Å². The van der Waals surface area contributed by atoms with Gasteiger partial charge in [0.25, 0.3) is 11.8 Å². The van der Waals surface area contributed by atoms with E-state index >= 15 is 4.39 Å². The number of amides is 4. The number of alkyl halides is 3. The Hall–Kier alpha value is -6.15. The van der Waals surface area contributed by atoms with E-state index in [-0.39, 0.29) is 48.6 Å². The maximum Gasteiger partial charge on any atom is 0.421 e. The predicted molar refractivity (Wildman–Crippen MR) is 204 cm³/mol. The highest BCUT2D eigenvalue weighted by atomic mass is 32.2. The number of carbonyl (C=O) groups is 4. The number of halogens is 4. The zero-order valence-electron chi connectivity index (χ0n) is 31.1. The van der Waals surface area contributed by atoms with Crippen LogP contribution in [0, 0.1) is 5.82 Å². The second kappa shape index (κ2) is 15.7. The van der Waals surface area contributed by atoms with E-state index in [9.17, 15) is 40.8 Å². The number of carbonyl (C=O) groups excluding carboxylic acids is 4. The van der Waals surface area contributed by atoms with E-state index in [4.69, 9.17) is 0 Å². The van der Waals surface area contributed by atoms with Crippen LogP contribution in [0.3, 0.4) is 0 Å². The number of hydrogen-bond donors (Lipinski definition) is 3. The van der Waals surface area contributed by atoms with E-state index in [0.717, 1.165) is 27.2 Å². The highest BCUT2D eigenvalue weighted by molar-refractivity contribution is 7.92. The molecule has 15 nitrogen and oxygen atoms in total. The van der Waals surface area contributed by atoms with E-state index < -0.39 is 63.1 Å². The van der Waals surface area contributed by atoms with Crippen LogP contribution < -0.4 is 25.2 Å². The molecule has 3 N–H and O–H groups in total. The van der Waals surface area contributed by atoms with Crippen molar-refractivity contribution in [2.24, 2.45) is 0 Å². The van der Waals surface area contributed by atoms with Crippen LogP contribution in [0.1, 0.15) is 50.2 Å². The number of anilines is 5. The topological polar surface area (TPSA) is 177 Å². The molecule has 0 saturated carbocycles. The number of imide groups is 2. The zero-order chi connectivity index (χ0) is 41.5. The number of sulfonamides is 1. The van der Waals surface area contributed by atoms with Gasteiger partial charge in [-0.3, -0.25) is 38.6 Å². The van der Waals surface area contributed by atoms with Gasteiger partial charge < -0.3 is 15.5 Å². The number of piperidine rings is 1. The molecule has 3 aliphatic rings. The number of nitrogens with zero attached hydrogens (tertiary/aromatic N) is 6. The minimum Gasteiger partial charge on any atom is -0.369 e. The van der Waals surface area contributed by atoms with Crippen molar-refractivity contribution in [3.63, 3.8) is 0 Å². The Kier molecular flexibility index (Phi) is 10.8. The Bertz CT molecular complexity index is 2410. The molecule has 2 saturated heterocycles. The summed E-state index contributed by atoms with van der Waals surface area (Å²) >= 11 is 0. The van der Waals surface area contributed by atoms with Gasteiger partial charge in [0.15, 0.2) is 0 Å². The van der Waals surface area contributed by atoms with Gasteiger partial charge in [-0.05, 0) is 60.5 Å². The first-order chi connectivity index (χ1) is 27.5. The molecule has 2 fully saturated rings. The van der Waals surface area contributed by atoms with E-state index in [1.54, 1.807) is 36.4 Å². The van der Waals surface area contributed by atoms with Crippen molar-refractivity contribution >= 4 is 62.5 Å². The molecule has 20 heteroatoms. The van der Waals surface area contributed by atoms with Gasteiger partial charge in [-0.25, -0.2) is 17.8 Å². The molecule has 0 aliphatic carbocycles. The largest absolute Gasteiger partial charge is 0.421 e. The van der Waals surface area contributed by atoms with Gasteiger partial charge in [0, 0.05) is 75.9 Å². The van der Waals surface area contributed by atoms with Gasteiger partial charge in [0.2, 0.25) is 27.8 Å². The highest BCUT2D eigenvalue weighted by Gasteiger charge is 2.45. The molecule has 7 rings (SSSR count). The monoisotopic (exact) mass is 823 g/mol. The maximum absolute atomic E-state index is 15.3. The van der Waals surface area contributed by atoms with Gasteiger partial charge in [0.05, 0.1) is 23.1 Å². The van der Waals surface area contributed by atoms with Crippen molar-refractivity contribution < 1.29 is 45.2 Å². The van der Waals surface area contributed by atoms with Gasteiger partial charge in [0.1, 0.15) is 23.2 Å². The van der Waals surface area contributed by atoms with E-state index in [2.05, 4.69) is 30.8 Å². The summed E-state index contributed by atoms with van der Waals surface area (Å²) in [6.07, 6.45) is -3.05. The minimum atomic E-state index is -4.75. The average molecular weight is 824 g/mol. The normalized spacial score (nSPS) is 17.7. The molecule has 1 atom stereocenters. The lowest BCUT2D eigenvalue weighted by molar-refractivity contribution is -0.138. The molecule has 58 heavy (non-hydrogen) atoms. The number of benzene rings is 3. The third-order valence-corrected chi connectivity index (χ3v) is 11.4. The van der Waals surface area contributed by atoms with Crippen LogP contribution in [0.5, 0.6) is 0 Å². The number of aromatic nitrogens is 2. The Labute approximate surface area is 330 Å². The molecule has 0 spiro atoms. The fraction of sp³-hybridized carbons (Fsp3) is 0.316. The van der Waals surface area contributed by atoms with E-state index in [0.29, 0.717) is 49.3 Å². The first-order valence-electron chi connectivity index (χ1n) is 18.1. The zero-order valence-corrected chi connectivity index (χ0v) is 32.0. The van der Waals surface area contributed by atoms with Crippen LogP contribution >= 0.6 is 0 Å². The van der Waals surface area contributed by atoms with Gasteiger partial charge in [-0.15, -0.1) is 0 Å². The molecule has 4 heterocycles. The van der Waals surface area contributed by atoms with E-state index in [1.165, 1.54) is 13.1 Å². The summed E-state index contributed by atoms with van der Waals surface area (Å²) in [6.45, 7) is 2.32. The number of nitrogens with one attached hydrogen (secondary N) is 3. The third kappa shape index (κ3) is 8.42. The Morgan fingerprint density at radius 3 is 2.29 bits per heavy atom. The Morgan fingerprint density at radius 1 is 0.948 bits per heavy atom.